The van der Waals surface area contributed by atoms with Crippen LogP contribution in [-0.4, -0.2) is 39.1 Å². The van der Waals surface area contributed by atoms with E-state index in [4.69, 9.17) is 10.6 Å². The van der Waals surface area contributed by atoms with Crippen molar-refractivity contribution in [3.05, 3.63) is 35.2 Å². The fraction of sp³-hybridized carbons (Fsp3) is 0.444. The molecular formula is C18H26N6O3S. The number of thioether (sulfide) groups is 1. The molecule has 28 heavy (non-hydrogen) atoms. The lowest BCUT2D eigenvalue weighted by Crippen LogP contribution is -2.40. The minimum absolute atomic E-state index is 0.0112. The van der Waals surface area contributed by atoms with Crippen LogP contribution in [-0.2, 0) is 11.4 Å². The molecule has 2 rings (SSSR count). The molecule has 0 atom stereocenters. The SMILES string of the molecule is CCNC(=O)NC(=O)CSc1nnc(COc2cc(C)ccc2C(C)C)n1N. The highest BCUT2D eigenvalue weighted by Crippen LogP contribution is 2.28. The van der Waals surface area contributed by atoms with Crippen LogP contribution in [0.2, 0.25) is 0 Å². The number of amides is 3. The van der Waals surface area contributed by atoms with E-state index < -0.39 is 11.9 Å². The van der Waals surface area contributed by atoms with E-state index in [2.05, 4.69) is 40.7 Å². The minimum atomic E-state index is -0.532. The van der Waals surface area contributed by atoms with Gasteiger partial charge in [-0.05, 0) is 37.0 Å². The van der Waals surface area contributed by atoms with Crippen molar-refractivity contribution in [2.45, 2.75) is 45.4 Å². The Balaban J connectivity index is 1.96. The van der Waals surface area contributed by atoms with Gasteiger partial charge in [0, 0.05) is 6.54 Å². The molecule has 0 saturated heterocycles. The molecule has 10 heteroatoms. The quantitative estimate of drug-likeness (QED) is 0.452. The van der Waals surface area contributed by atoms with E-state index in [0.29, 0.717) is 23.4 Å². The van der Waals surface area contributed by atoms with Crippen molar-refractivity contribution in [2.24, 2.45) is 0 Å². The molecule has 0 radical (unpaired) electrons. The summed E-state index contributed by atoms with van der Waals surface area (Å²) in [4.78, 5) is 23.1. The van der Waals surface area contributed by atoms with Crippen LogP contribution in [0.15, 0.2) is 23.4 Å². The van der Waals surface area contributed by atoms with Crippen LogP contribution < -0.4 is 21.2 Å². The molecule has 1 aromatic heterocycles. The Morgan fingerprint density at radius 2 is 2.07 bits per heavy atom. The van der Waals surface area contributed by atoms with E-state index >= 15 is 0 Å². The maximum Gasteiger partial charge on any atom is 0.321 e. The van der Waals surface area contributed by atoms with Crippen molar-refractivity contribution >= 4 is 23.7 Å². The number of hydrogen-bond donors (Lipinski definition) is 3. The average Bonchev–Trinajstić information content (AvgIpc) is 2.98. The third-order valence-corrected chi connectivity index (χ3v) is 4.75. The summed E-state index contributed by atoms with van der Waals surface area (Å²) in [5, 5.41) is 13.1. The maximum atomic E-state index is 11.7. The number of urea groups is 1. The summed E-state index contributed by atoms with van der Waals surface area (Å²) in [5.41, 5.74) is 2.20. The third kappa shape index (κ3) is 5.88. The summed E-state index contributed by atoms with van der Waals surface area (Å²) < 4.78 is 7.21. The van der Waals surface area contributed by atoms with E-state index in [1.807, 2.05) is 19.1 Å². The number of benzene rings is 1. The lowest BCUT2D eigenvalue weighted by Gasteiger charge is -2.14. The molecule has 0 aliphatic rings. The lowest BCUT2D eigenvalue weighted by atomic mass is 10.0. The molecule has 152 valence electrons. The number of carbonyl (C=O) groups is 2. The second-order valence-corrected chi connectivity index (χ2v) is 7.39. The number of ether oxygens (including phenoxy) is 1. The number of carbonyl (C=O) groups excluding carboxylic acids is 2. The summed E-state index contributed by atoms with van der Waals surface area (Å²) in [6.45, 7) is 8.56. The lowest BCUT2D eigenvalue weighted by molar-refractivity contribution is -0.117. The number of aromatic nitrogens is 3. The first kappa shape index (κ1) is 21.5. The Bertz CT molecular complexity index is 837. The Hall–Kier alpha value is -2.75. The van der Waals surface area contributed by atoms with Gasteiger partial charge < -0.3 is 15.9 Å². The monoisotopic (exact) mass is 406 g/mol. The van der Waals surface area contributed by atoms with Crippen molar-refractivity contribution < 1.29 is 14.3 Å². The van der Waals surface area contributed by atoms with Crippen molar-refractivity contribution in [2.75, 3.05) is 18.1 Å². The van der Waals surface area contributed by atoms with E-state index in [9.17, 15) is 9.59 Å². The number of nitrogens with zero attached hydrogens (tertiary/aromatic N) is 3. The summed E-state index contributed by atoms with van der Waals surface area (Å²) in [6.07, 6.45) is 0. The van der Waals surface area contributed by atoms with Gasteiger partial charge >= 0.3 is 6.03 Å². The predicted octanol–water partition coefficient (Wildman–Crippen LogP) is 1.94. The standard InChI is InChI=1S/C18H26N6O3S/c1-5-20-17(26)21-16(25)10-28-18-23-22-15(24(18)19)9-27-14-8-12(4)6-7-13(14)11(2)3/h6-8,11H,5,9-10,19H2,1-4H3,(H2,20,21,25,26). The van der Waals surface area contributed by atoms with Crippen molar-refractivity contribution in [3.8, 4) is 5.75 Å². The third-order valence-electron chi connectivity index (χ3n) is 3.81. The molecule has 0 aliphatic carbocycles. The number of nitrogens with two attached hydrogens (primary N) is 1. The maximum absolute atomic E-state index is 11.7. The Kier molecular flexibility index (Phi) is 7.68. The van der Waals surface area contributed by atoms with Crippen LogP contribution in [0.1, 0.15) is 43.6 Å². The van der Waals surface area contributed by atoms with E-state index in [1.54, 1.807) is 6.92 Å². The van der Waals surface area contributed by atoms with Crippen molar-refractivity contribution in [1.29, 1.82) is 0 Å². The average molecular weight is 407 g/mol. The summed E-state index contributed by atoms with van der Waals surface area (Å²) in [5.74, 6) is 7.09. The van der Waals surface area contributed by atoms with Gasteiger partial charge in [-0.2, -0.15) is 0 Å². The fourth-order valence-corrected chi connectivity index (χ4v) is 3.06. The van der Waals surface area contributed by atoms with Crippen LogP contribution >= 0.6 is 11.8 Å². The molecule has 0 aliphatic heterocycles. The molecule has 3 amide bonds. The number of nitrogen functional groups attached to an aromatic ring is 1. The fourth-order valence-electron chi connectivity index (χ4n) is 2.39. The number of nitrogens with one attached hydrogen (secondary N) is 2. The summed E-state index contributed by atoms with van der Waals surface area (Å²) in [7, 11) is 0. The van der Waals surface area contributed by atoms with Gasteiger partial charge in [-0.15, -0.1) is 10.2 Å². The van der Waals surface area contributed by atoms with Crippen LogP contribution in [0.5, 0.6) is 5.75 Å². The molecule has 4 N–H and O–H groups in total. The zero-order valence-corrected chi connectivity index (χ0v) is 17.3. The van der Waals surface area contributed by atoms with Gasteiger partial charge in [-0.25, -0.2) is 9.47 Å². The molecule has 9 nitrogen and oxygen atoms in total. The highest BCUT2D eigenvalue weighted by Gasteiger charge is 2.15. The molecule has 0 fully saturated rings. The van der Waals surface area contributed by atoms with Gasteiger partial charge in [0.1, 0.15) is 12.4 Å². The van der Waals surface area contributed by atoms with E-state index in [1.165, 1.54) is 4.68 Å². The number of hydrogen-bond acceptors (Lipinski definition) is 7. The minimum Gasteiger partial charge on any atom is -0.485 e. The van der Waals surface area contributed by atoms with Gasteiger partial charge in [-0.3, -0.25) is 10.1 Å². The zero-order valence-electron chi connectivity index (χ0n) is 16.5. The van der Waals surface area contributed by atoms with Gasteiger partial charge in [0.2, 0.25) is 11.1 Å². The first-order valence-electron chi connectivity index (χ1n) is 8.95. The molecule has 0 bridgehead atoms. The first-order chi connectivity index (χ1) is 13.3. The molecular weight excluding hydrogens is 380 g/mol. The predicted molar refractivity (Wildman–Crippen MR) is 108 cm³/mol. The van der Waals surface area contributed by atoms with E-state index in [-0.39, 0.29) is 12.4 Å². The van der Waals surface area contributed by atoms with Crippen LogP contribution in [0.25, 0.3) is 0 Å². The topological polar surface area (TPSA) is 124 Å². The molecule has 2 aromatic rings. The van der Waals surface area contributed by atoms with Crippen LogP contribution in [0.3, 0.4) is 0 Å². The van der Waals surface area contributed by atoms with Gasteiger partial charge in [0.05, 0.1) is 5.75 Å². The van der Waals surface area contributed by atoms with Crippen molar-refractivity contribution in [1.82, 2.24) is 25.5 Å². The molecule has 1 aromatic carbocycles. The van der Waals surface area contributed by atoms with Gasteiger partial charge in [0.15, 0.2) is 5.82 Å². The first-order valence-corrected chi connectivity index (χ1v) is 9.93. The molecule has 0 spiro atoms. The highest BCUT2D eigenvalue weighted by atomic mass is 32.2. The number of aryl methyl sites for hydroxylation is 1. The van der Waals surface area contributed by atoms with Crippen LogP contribution in [0, 0.1) is 6.92 Å². The van der Waals surface area contributed by atoms with E-state index in [0.717, 1.165) is 28.6 Å². The molecule has 1 heterocycles. The second kappa shape index (κ2) is 9.98. The van der Waals surface area contributed by atoms with Crippen molar-refractivity contribution in [3.63, 3.8) is 0 Å². The Morgan fingerprint density at radius 1 is 1.32 bits per heavy atom. The highest BCUT2D eigenvalue weighted by molar-refractivity contribution is 7.99. The van der Waals surface area contributed by atoms with Gasteiger partial charge in [0.25, 0.3) is 0 Å². The molecule has 0 unspecified atom stereocenters. The summed E-state index contributed by atoms with van der Waals surface area (Å²) in [6, 6.07) is 5.55. The smallest absolute Gasteiger partial charge is 0.321 e. The number of imide groups is 1. The van der Waals surface area contributed by atoms with Crippen LogP contribution in [0.4, 0.5) is 4.79 Å². The number of rotatable bonds is 8. The largest absolute Gasteiger partial charge is 0.485 e. The normalized spacial score (nSPS) is 10.8. The second-order valence-electron chi connectivity index (χ2n) is 6.45. The molecule has 0 saturated carbocycles. The summed E-state index contributed by atoms with van der Waals surface area (Å²) >= 11 is 1.08. The zero-order chi connectivity index (χ0) is 20.7. The van der Waals surface area contributed by atoms with Gasteiger partial charge in [-0.1, -0.05) is 37.7 Å². The Morgan fingerprint density at radius 3 is 2.75 bits per heavy atom. The Labute approximate surface area is 168 Å².